The second-order valence-electron chi connectivity index (χ2n) is 2.24. The molecule has 0 aliphatic carbocycles. The van der Waals surface area contributed by atoms with E-state index in [1.54, 1.807) is 0 Å². The molecule has 7 nitrogen and oxygen atoms in total. The number of aliphatic hydroxyl groups excluding tert-OH is 2. The smallest absolute Gasteiger partial charge is 0.442 e. The number of hydrogen-bond donors (Lipinski definition) is 2. The van der Waals surface area contributed by atoms with Crippen LogP contribution >= 0.6 is 0 Å². The molecule has 0 atom stereocenters. The summed E-state index contributed by atoms with van der Waals surface area (Å²) in [5.74, 6) is 0. The highest BCUT2D eigenvalue weighted by atomic mass is 17.0. The SMILES string of the molecule is C=CCOC(=O)N(OCCO)OCCO. The lowest BCUT2D eigenvalue weighted by Gasteiger charge is -2.18. The molecule has 0 spiro atoms. The van der Waals surface area contributed by atoms with Crippen molar-refractivity contribution in [3.8, 4) is 0 Å². The molecule has 0 aliphatic rings. The van der Waals surface area contributed by atoms with E-state index in [1.165, 1.54) is 6.08 Å². The van der Waals surface area contributed by atoms with Gasteiger partial charge in [-0.1, -0.05) is 12.7 Å². The van der Waals surface area contributed by atoms with E-state index in [0.717, 1.165) is 0 Å². The van der Waals surface area contributed by atoms with E-state index in [4.69, 9.17) is 19.9 Å². The minimum absolute atomic E-state index is 0.0142. The summed E-state index contributed by atoms with van der Waals surface area (Å²) in [6, 6.07) is 0. The summed E-state index contributed by atoms with van der Waals surface area (Å²) in [6.07, 6.45) is 0.505. The number of hydroxylamine groups is 2. The second kappa shape index (κ2) is 9.41. The van der Waals surface area contributed by atoms with Crippen molar-refractivity contribution in [1.29, 1.82) is 0 Å². The number of amides is 1. The molecule has 88 valence electrons. The van der Waals surface area contributed by atoms with Crippen molar-refractivity contribution in [2.24, 2.45) is 0 Å². The van der Waals surface area contributed by atoms with E-state index < -0.39 is 6.09 Å². The van der Waals surface area contributed by atoms with E-state index in [1.807, 2.05) is 0 Å². The van der Waals surface area contributed by atoms with Crippen molar-refractivity contribution in [2.45, 2.75) is 0 Å². The van der Waals surface area contributed by atoms with Gasteiger partial charge < -0.3 is 14.9 Å². The van der Waals surface area contributed by atoms with E-state index in [0.29, 0.717) is 5.23 Å². The summed E-state index contributed by atoms with van der Waals surface area (Å²) in [5.41, 5.74) is 0. The first kappa shape index (κ1) is 13.8. The average molecular weight is 221 g/mol. The third kappa shape index (κ3) is 6.86. The van der Waals surface area contributed by atoms with Gasteiger partial charge in [0.2, 0.25) is 0 Å². The molecule has 0 rings (SSSR count). The van der Waals surface area contributed by atoms with Crippen LogP contribution in [0.1, 0.15) is 0 Å². The van der Waals surface area contributed by atoms with Gasteiger partial charge in [-0.15, -0.1) is 0 Å². The molecular weight excluding hydrogens is 206 g/mol. The van der Waals surface area contributed by atoms with E-state index in [-0.39, 0.29) is 33.0 Å². The van der Waals surface area contributed by atoms with Gasteiger partial charge in [0.05, 0.1) is 13.2 Å². The number of carbonyl (C=O) groups excluding carboxylic acids is 1. The lowest BCUT2D eigenvalue weighted by molar-refractivity contribution is -0.339. The van der Waals surface area contributed by atoms with Gasteiger partial charge in [0.1, 0.15) is 19.8 Å². The summed E-state index contributed by atoms with van der Waals surface area (Å²) in [5, 5.41) is 17.4. The average Bonchev–Trinajstić information content (AvgIpc) is 2.26. The van der Waals surface area contributed by atoms with Gasteiger partial charge in [-0.2, -0.15) is 0 Å². The molecule has 0 aliphatic heterocycles. The Morgan fingerprint density at radius 1 is 1.27 bits per heavy atom. The van der Waals surface area contributed by atoms with Crippen LogP contribution in [0.25, 0.3) is 0 Å². The molecule has 7 heteroatoms. The highest BCUT2D eigenvalue weighted by molar-refractivity contribution is 5.65. The zero-order chi connectivity index (χ0) is 11.5. The molecule has 0 saturated heterocycles. The molecule has 0 heterocycles. The van der Waals surface area contributed by atoms with Gasteiger partial charge in [-0.3, -0.25) is 0 Å². The maximum absolute atomic E-state index is 11.2. The molecule has 0 fully saturated rings. The molecule has 0 aromatic rings. The number of ether oxygens (including phenoxy) is 1. The van der Waals surface area contributed by atoms with Crippen LogP contribution in [-0.4, -0.2) is 54.6 Å². The summed E-state index contributed by atoms with van der Waals surface area (Å²) >= 11 is 0. The Balaban J connectivity index is 3.95. The quantitative estimate of drug-likeness (QED) is 0.422. The van der Waals surface area contributed by atoms with Crippen LogP contribution in [0.3, 0.4) is 0 Å². The minimum Gasteiger partial charge on any atom is -0.442 e. The fraction of sp³-hybridized carbons (Fsp3) is 0.625. The lowest BCUT2D eigenvalue weighted by atomic mass is 10.7. The predicted molar refractivity (Wildman–Crippen MR) is 49.5 cm³/mol. The fourth-order valence-electron chi connectivity index (χ4n) is 0.573. The molecule has 15 heavy (non-hydrogen) atoms. The molecule has 2 N–H and O–H groups in total. The summed E-state index contributed by atoms with van der Waals surface area (Å²) < 4.78 is 4.60. The van der Waals surface area contributed by atoms with Gasteiger partial charge >= 0.3 is 6.09 Å². The number of hydrogen-bond acceptors (Lipinski definition) is 6. The van der Waals surface area contributed by atoms with Crippen molar-refractivity contribution in [3.63, 3.8) is 0 Å². The largest absolute Gasteiger partial charge is 0.460 e. The highest BCUT2D eigenvalue weighted by Gasteiger charge is 2.16. The van der Waals surface area contributed by atoms with Crippen molar-refractivity contribution in [1.82, 2.24) is 5.23 Å². The standard InChI is InChI=1S/C8H15NO6/c1-2-5-13-8(12)9(14-6-3-10)15-7-4-11/h2,10-11H,1,3-7H2. The van der Waals surface area contributed by atoms with Crippen LogP contribution in [-0.2, 0) is 14.4 Å². The number of nitrogens with zero attached hydrogens (tertiary/aromatic N) is 1. The molecular formula is C8H15NO6. The number of aliphatic hydroxyl groups is 2. The second-order valence-corrected chi connectivity index (χ2v) is 2.24. The molecule has 0 radical (unpaired) electrons. The minimum atomic E-state index is -0.878. The van der Waals surface area contributed by atoms with Crippen LogP contribution in [0.2, 0.25) is 0 Å². The van der Waals surface area contributed by atoms with Gasteiger partial charge in [-0.05, 0) is 5.23 Å². The number of rotatable bonds is 8. The number of carbonyl (C=O) groups is 1. The third-order valence-electron chi connectivity index (χ3n) is 1.07. The molecule has 0 aromatic carbocycles. The predicted octanol–water partition coefficient (Wildman–Crippen LogP) is -0.541. The van der Waals surface area contributed by atoms with E-state index in [9.17, 15) is 4.79 Å². The van der Waals surface area contributed by atoms with Crippen molar-refractivity contribution in [3.05, 3.63) is 12.7 Å². The Bertz CT molecular complexity index is 178. The van der Waals surface area contributed by atoms with E-state index >= 15 is 0 Å². The Kier molecular flexibility index (Phi) is 8.69. The fourth-order valence-corrected chi connectivity index (χ4v) is 0.573. The first-order valence-electron chi connectivity index (χ1n) is 4.31. The zero-order valence-electron chi connectivity index (χ0n) is 8.29. The summed E-state index contributed by atoms with van der Waals surface area (Å²) in [4.78, 5) is 20.5. The van der Waals surface area contributed by atoms with Crippen LogP contribution < -0.4 is 0 Å². The van der Waals surface area contributed by atoms with Crippen molar-refractivity contribution < 1.29 is 29.4 Å². The summed E-state index contributed by atoms with van der Waals surface area (Å²) in [7, 11) is 0. The Morgan fingerprint density at radius 3 is 2.20 bits per heavy atom. The Labute approximate surface area is 87.4 Å². The maximum Gasteiger partial charge on any atom is 0.460 e. The van der Waals surface area contributed by atoms with Crippen LogP contribution in [0.5, 0.6) is 0 Å². The van der Waals surface area contributed by atoms with Crippen LogP contribution in [0.15, 0.2) is 12.7 Å². The van der Waals surface area contributed by atoms with Crippen LogP contribution in [0.4, 0.5) is 4.79 Å². The maximum atomic E-state index is 11.2. The van der Waals surface area contributed by atoms with Gasteiger partial charge in [0.25, 0.3) is 0 Å². The molecule has 0 unspecified atom stereocenters. The topological polar surface area (TPSA) is 88.5 Å². The Hall–Kier alpha value is -1.15. The third-order valence-corrected chi connectivity index (χ3v) is 1.07. The normalized spacial score (nSPS) is 9.73. The molecule has 0 saturated carbocycles. The molecule has 1 amide bonds. The highest BCUT2D eigenvalue weighted by Crippen LogP contribution is 1.97. The molecule has 0 bridgehead atoms. The first-order chi connectivity index (χ1) is 7.26. The zero-order valence-corrected chi connectivity index (χ0v) is 8.29. The van der Waals surface area contributed by atoms with Crippen molar-refractivity contribution >= 4 is 6.09 Å². The van der Waals surface area contributed by atoms with Gasteiger partial charge in [0, 0.05) is 0 Å². The van der Waals surface area contributed by atoms with Crippen molar-refractivity contribution in [2.75, 3.05) is 33.0 Å². The van der Waals surface area contributed by atoms with Gasteiger partial charge in [0.15, 0.2) is 0 Å². The van der Waals surface area contributed by atoms with Gasteiger partial charge in [-0.25, -0.2) is 14.5 Å². The van der Waals surface area contributed by atoms with Crippen LogP contribution in [0, 0.1) is 0 Å². The Morgan fingerprint density at radius 2 is 1.80 bits per heavy atom. The summed E-state index contributed by atoms with van der Waals surface area (Å²) in [6.45, 7) is 2.60. The van der Waals surface area contributed by atoms with E-state index in [2.05, 4.69) is 11.3 Å². The lowest BCUT2D eigenvalue weighted by Crippen LogP contribution is -2.34. The molecule has 0 aromatic heterocycles. The first-order valence-corrected chi connectivity index (χ1v) is 4.31. The monoisotopic (exact) mass is 221 g/mol.